The van der Waals surface area contributed by atoms with Crippen LogP contribution in [0, 0.1) is 23.2 Å². The van der Waals surface area contributed by atoms with Gasteiger partial charge in [-0.3, -0.25) is 0 Å². The van der Waals surface area contributed by atoms with Crippen LogP contribution >= 0.6 is 0 Å². The summed E-state index contributed by atoms with van der Waals surface area (Å²) >= 11 is 0. The van der Waals surface area contributed by atoms with Crippen molar-refractivity contribution in [2.45, 2.75) is 58.3 Å². The van der Waals surface area contributed by atoms with Crippen molar-refractivity contribution in [1.29, 1.82) is 0 Å². The van der Waals surface area contributed by atoms with Gasteiger partial charge in [0, 0.05) is 5.41 Å². The second kappa shape index (κ2) is 4.36. The van der Waals surface area contributed by atoms with E-state index in [9.17, 15) is 0 Å². The lowest BCUT2D eigenvalue weighted by molar-refractivity contribution is 0.140. The SMILES string of the molecule is CC[C@@]12C=CC=C1C1=CCC3CCCC[C@@H]3[C@H]1CC2. The molecule has 4 rings (SSSR count). The van der Waals surface area contributed by atoms with E-state index in [1.54, 1.807) is 11.1 Å². The van der Waals surface area contributed by atoms with Gasteiger partial charge < -0.3 is 0 Å². The van der Waals surface area contributed by atoms with E-state index in [-0.39, 0.29) is 0 Å². The fraction of sp³-hybridized carbons (Fsp3) is 0.684. The maximum Gasteiger partial charge on any atom is 0.0135 e. The molecule has 0 amide bonds. The fourth-order valence-electron chi connectivity index (χ4n) is 5.48. The van der Waals surface area contributed by atoms with Crippen LogP contribution in [0.2, 0.25) is 0 Å². The van der Waals surface area contributed by atoms with Gasteiger partial charge in [-0.15, -0.1) is 0 Å². The van der Waals surface area contributed by atoms with Gasteiger partial charge >= 0.3 is 0 Å². The maximum absolute atomic E-state index is 2.64. The smallest absolute Gasteiger partial charge is 0.0135 e. The quantitative estimate of drug-likeness (QED) is 0.585. The fourth-order valence-corrected chi connectivity index (χ4v) is 5.48. The zero-order valence-electron chi connectivity index (χ0n) is 12.2. The number of hydrogen-bond donors (Lipinski definition) is 0. The van der Waals surface area contributed by atoms with Crippen molar-refractivity contribution in [3.63, 3.8) is 0 Å². The first-order valence-corrected chi connectivity index (χ1v) is 8.44. The molecule has 0 nitrogen and oxygen atoms in total. The van der Waals surface area contributed by atoms with Crippen LogP contribution in [0.15, 0.2) is 35.5 Å². The summed E-state index contributed by atoms with van der Waals surface area (Å²) in [5.41, 5.74) is 3.89. The van der Waals surface area contributed by atoms with Crippen LogP contribution in [0.25, 0.3) is 0 Å². The van der Waals surface area contributed by atoms with Crippen molar-refractivity contribution in [3.8, 4) is 0 Å². The highest BCUT2D eigenvalue weighted by Gasteiger charge is 2.46. The molecule has 0 N–H and O–H groups in total. The molecule has 2 saturated carbocycles. The lowest BCUT2D eigenvalue weighted by atomic mass is 9.56. The molecule has 1 unspecified atom stereocenters. The standard InChI is InChI=1S/C19H26/c1-2-19-12-5-8-18(19)17-10-9-14-6-3-4-7-15(14)16(17)11-13-19/h5,8,10,12,14-16H,2-4,6-7,9,11,13H2,1H3/t14?,15-,16+,19-/m0/s1. The third-order valence-corrected chi connectivity index (χ3v) is 6.58. The van der Waals surface area contributed by atoms with Crippen LogP contribution in [0.1, 0.15) is 58.3 Å². The minimum absolute atomic E-state index is 0.420. The van der Waals surface area contributed by atoms with Gasteiger partial charge in [-0.25, -0.2) is 0 Å². The molecule has 19 heavy (non-hydrogen) atoms. The lowest BCUT2D eigenvalue weighted by Crippen LogP contribution is -2.38. The van der Waals surface area contributed by atoms with E-state index >= 15 is 0 Å². The number of hydrogen-bond acceptors (Lipinski definition) is 0. The Kier molecular flexibility index (Phi) is 2.76. The zero-order valence-corrected chi connectivity index (χ0v) is 12.2. The van der Waals surface area contributed by atoms with E-state index in [4.69, 9.17) is 0 Å². The molecular weight excluding hydrogens is 228 g/mol. The molecule has 0 spiro atoms. The van der Waals surface area contributed by atoms with Gasteiger partial charge in [0.2, 0.25) is 0 Å². The Hall–Kier alpha value is -0.780. The highest BCUT2D eigenvalue weighted by atomic mass is 14.5. The molecule has 0 radical (unpaired) electrons. The molecule has 0 aromatic rings. The Morgan fingerprint density at radius 1 is 1.21 bits per heavy atom. The summed E-state index contributed by atoms with van der Waals surface area (Å²) in [6, 6.07) is 0. The normalized spacial score (nSPS) is 43.9. The van der Waals surface area contributed by atoms with Gasteiger partial charge in [0.05, 0.1) is 0 Å². The Morgan fingerprint density at radius 2 is 2.11 bits per heavy atom. The van der Waals surface area contributed by atoms with Crippen LogP contribution in [0.5, 0.6) is 0 Å². The summed E-state index contributed by atoms with van der Waals surface area (Å²) in [6.45, 7) is 2.37. The molecule has 102 valence electrons. The van der Waals surface area contributed by atoms with E-state index in [0.29, 0.717) is 5.41 Å². The van der Waals surface area contributed by atoms with Crippen LogP contribution in [0.4, 0.5) is 0 Å². The average molecular weight is 254 g/mol. The number of allylic oxidation sites excluding steroid dienone is 6. The van der Waals surface area contributed by atoms with Gasteiger partial charge in [0.1, 0.15) is 0 Å². The first-order valence-electron chi connectivity index (χ1n) is 8.44. The minimum atomic E-state index is 0.420. The summed E-state index contributed by atoms with van der Waals surface area (Å²) in [5.74, 6) is 2.95. The van der Waals surface area contributed by atoms with Crippen LogP contribution < -0.4 is 0 Å². The van der Waals surface area contributed by atoms with Gasteiger partial charge in [0.25, 0.3) is 0 Å². The van der Waals surface area contributed by atoms with Gasteiger partial charge in [-0.2, -0.15) is 0 Å². The summed E-state index contributed by atoms with van der Waals surface area (Å²) in [6.07, 6.45) is 21.4. The molecule has 0 heterocycles. The van der Waals surface area contributed by atoms with Gasteiger partial charge in [-0.05, 0) is 67.4 Å². The Labute approximate surface area is 117 Å². The van der Waals surface area contributed by atoms with Crippen molar-refractivity contribution in [2.24, 2.45) is 23.2 Å². The number of rotatable bonds is 1. The summed E-state index contributed by atoms with van der Waals surface area (Å²) < 4.78 is 0. The Morgan fingerprint density at radius 3 is 3.00 bits per heavy atom. The van der Waals surface area contributed by atoms with Gasteiger partial charge in [0.15, 0.2) is 0 Å². The average Bonchev–Trinajstić information content (AvgIpc) is 2.91. The largest absolute Gasteiger partial charge is 0.0804 e. The molecule has 0 aliphatic heterocycles. The van der Waals surface area contributed by atoms with Crippen LogP contribution in [0.3, 0.4) is 0 Å². The Balaban J connectivity index is 1.70. The maximum atomic E-state index is 2.64. The first-order chi connectivity index (χ1) is 9.34. The van der Waals surface area contributed by atoms with E-state index < -0.39 is 0 Å². The molecule has 4 aliphatic rings. The monoisotopic (exact) mass is 254 g/mol. The van der Waals surface area contributed by atoms with E-state index in [1.165, 1.54) is 51.4 Å². The molecule has 0 aromatic carbocycles. The molecule has 0 bridgehead atoms. The van der Waals surface area contributed by atoms with Crippen molar-refractivity contribution >= 4 is 0 Å². The van der Waals surface area contributed by atoms with Gasteiger partial charge in [-0.1, -0.05) is 44.1 Å². The molecule has 2 fully saturated rings. The second-order valence-electron chi connectivity index (χ2n) is 7.20. The lowest BCUT2D eigenvalue weighted by Gasteiger charge is -2.48. The van der Waals surface area contributed by atoms with Crippen LogP contribution in [-0.2, 0) is 0 Å². The molecule has 4 aliphatic carbocycles. The van der Waals surface area contributed by atoms with E-state index in [0.717, 1.165) is 17.8 Å². The topological polar surface area (TPSA) is 0 Å². The minimum Gasteiger partial charge on any atom is -0.0804 e. The predicted octanol–water partition coefficient (Wildman–Crippen LogP) is 5.43. The highest BCUT2D eigenvalue weighted by molar-refractivity contribution is 5.50. The van der Waals surface area contributed by atoms with Crippen molar-refractivity contribution in [2.75, 3.05) is 0 Å². The molecule has 4 atom stereocenters. The molecule has 0 aromatic heterocycles. The predicted molar refractivity (Wildman–Crippen MR) is 80.8 cm³/mol. The summed E-state index contributed by atoms with van der Waals surface area (Å²) in [4.78, 5) is 0. The van der Waals surface area contributed by atoms with Crippen molar-refractivity contribution < 1.29 is 0 Å². The molecule has 0 heteroatoms. The van der Waals surface area contributed by atoms with E-state index in [1.807, 2.05) is 0 Å². The van der Waals surface area contributed by atoms with E-state index in [2.05, 4.69) is 31.2 Å². The number of fused-ring (bicyclic) bond motifs is 5. The van der Waals surface area contributed by atoms with Crippen LogP contribution in [-0.4, -0.2) is 0 Å². The Bertz CT molecular complexity index is 464. The first kappa shape index (κ1) is 12.0. The van der Waals surface area contributed by atoms with Crippen molar-refractivity contribution in [3.05, 3.63) is 35.5 Å². The third kappa shape index (κ3) is 1.65. The molecule has 0 saturated heterocycles. The zero-order chi connectivity index (χ0) is 12.9. The molecular formula is C19H26. The van der Waals surface area contributed by atoms with Crippen molar-refractivity contribution in [1.82, 2.24) is 0 Å². The third-order valence-electron chi connectivity index (χ3n) is 6.58. The second-order valence-corrected chi connectivity index (χ2v) is 7.20. The highest BCUT2D eigenvalue weighted by Crippen LogP contribution is 2.58. The summed E-state index contributed by atoms with van der Waals surface area (Å²) in [5, 5.41) is 0. The summed E-state index contributed by atoms with van der Waals surface area (Å²) in [7, 11) is 0.